The summed E-state index contributed by atoms with van der Waals surface area (Å²) in [5, 5.41) is 13.2. The highest BCUT2D eigenvalue weighted by atomic mass is 79.9. The molecule has 4 nitrogen and oxygen atoms in total. The second-order valence-corrected chi connectivity index (χ2v) is 7.49. The van der Waals surface area contributed by atoms with Gasteiger partial charge < -0.3 is 9.77 Å². The van der Waals surface area contributed by atoms with Crippen molar-refractivity contribution in [1.29, 1.82) is 0 Å². The molecular weight excluding hydrogens is 404 g/mol. The highest BCUT2D eigenvalue weighted by Gasteiger charge is 2.20. The SMILES string of the molecule is Cc1ccccc1[C@@H](C/C(=N/O)c1ccc(=O)n(C)c1)c1ccc(Br)cc1. The largest absolute Gasteiger partial charge is 0.411 e. The Balaban J connectivity index is 2.04. The summed E-state index contributed by atoms with van der Waals surface area (Å²) in [7, 11) is 1.69. The molecule has 0 unspecified atom stereocenters. The molecule has 3 rings (SSSR count). The Morgan fingerprint density at radius 1 is 1.11 bits per heavy atom. The van der Waals surface area contributed by atoms with E-state index in [-0.39, 0.29) is 11.5 Å². The van der Waals surface area contributed by atoms with Crippen molar-refractivity contribution >= 4 is 21.6 Å². The summed E-state index contributed by atoms with van der Waals surface area (Å²) in [6.07, 6.45) is 2.22. The van der Waals surface area contributed by atoms with Gasteiger partial charge in [-0.05, 0) is 41.8 Å². The quantitative estimate of drug-likeness (QED) is 0.361. The summed E-state index contributed by atoms with van der Waals surface area (Å²) in [4.78, 5) is 11.7. The van der Waals surface area contributed by atoms with Gasteiger partial charge in [-0.15, -0.1) is 0 Å². The maximum Gasteiger partial charge on any atom is 0.250 e. The zero-order chi connectivity index (χ0) is 19.4. The molecule has 0 aliphatic carbocycles. The van der Waals surface area contributed by atoms with Crippen LogP contribution in [0, 0.1) is 6.92 Å². The van der Waals surface area contributed by atoms with Gasteiger partial charge in [-0.3, -0.25) is 4.79 Å². The van der Waals surface area contributed by atoms with Crippen molar-refractivity contribution in [2.24, 2.45) is 12.2 Å². The zero-order valence-corrected chi connectivity index (χ0v) is 16.8. The topological polar surface area (TPSA) is 54.6 Å². The van der Waals surface area contributed by atoms with Crippen LogP contribution < -0.4 is 5.56 Å². The molecule has 3 aromatic rings. The van der Waals surface area contributed by atoms with E-state index in [4.69, 9.17) is 0 Å². The molecule has 0 fully saturated rings. The number of pyridine rings is 1. The van der Waals surface area contributed by atoms with Crippen LogP contribution in [0.5, 0.6) is 0 Å². The second kappa shape index (κ2) is 8.35. The lowest BCUT2D eigenvalue weighted by molar-refractivity contribution is 0.317. The monoisotopic (exact) mass is 424 g/mol. The van der Waals surface area contributed by atoms with Crippen molar-refractivity contribution in [3.8, 4) is 0 Å². The van der Waals surface area contributed by atoms with Crippen LogP contribution in [-0.4, -0.2) is 15.5 Å². The van der Waals surface area contributed by atoms with Crippen molar-refractivity contribution in [1.82, 2.24) is 4.57 Å². The van der Waals surface area contributed by atoms with E-state index in [0.29, 0.717) is 12.1 Å². The Labute approximate surface area is 166 Å². The van der Waals surface area contributed by atoms with Gasteiger partial charge in [0, 0.05) is 41.7 Å². The molecule has 0 aliphatic heterocycles. The van der Waals surface area contributed by atoms with Gasteiger partial charge in [0.2, 0.25) is 5.56 Å². The van der Waals surface area contributed by atoms with Gasteiger partial charge in [-0.1, -0.05) is 57.5 Å². The Morgan fingerprint density at radius 2 is 1.81 bits per heavy atom. The van der Waals surface area contributed by atoms with Crippen LogP contribution in [0.3, 0.4) is 0 Å². The summed E-state index contributed by atoms with van der Waals surface area (Å²) < 4.78 is 2.51. The number of aromatic nitrogens is 1. The first-order valence-corrected chi connectivity index (χ1v) is 9.48. The van der Waals surface area contributed by atoms with Crippen LogP contribution in [0.25, 0.3) is 0 Å². The van der Waals surface area contributed by atoms with E-state index in [1.54, 1.807) is 19.3 Å². The normalized spacial score (nSPS) is 12.8. The Bertz CT molecular complexity index is 1020. The average molecular weight is 425 g/mol. The van der Waals surface area contributed by atoms with Gasteiger partial charge in [0.15, 0.2) is 0 Å². The number of aryl methyl sites for hydroxylation is 2. The number of rotatable bonds is 5. The number of benzene rings is 2. The van der Waals surface area contributed by atoms with Crippen LogP contribution in [-0.2, 0) is 7.05 Å². The zero-order valence-electron chi connectivity index (χ0n) is 15.3. The van der Waals surface area contributed by atoms with Crippen LogP contribution in [0.4, 0.5) is 0 Å². The molecule has 0 saturated heterocycles. The minimum absolute atomic E-state index is 0.0300. The summed E-state index contributed by atoms with van der Waals surface area (Å²) in [6.45, 7) is 2.09. The van der Waals surface area contributed by atoms with Crippen molar-refractivity contribution in [3.63, 3.8) is 0 Å². The van der Waals surface area contributed by atoms with Crippen molar-refractivity contribution in [2.45, 2.75) is 19.3 Å². The van der Waals surface area contributed by atoms with E-state index in [1.807, 2.05) is 24.3 Å². The van der Waals surface area contributed by atoms with E-state index in [9.17, 15) is 10.0 Å². The fraction of sp³-hybridized carbons (Fsp3) is 0.182. The molecule has 1 aromatic heterocycles. The van der Waals surface area contributed by atoms with E-state index in [2.05, 4.69) is 52.3 Å². The lowest BCUT2D eigenvalue weighted by atomic mass is 9.83. The maximum absolute atomic E-state index is 11.7. The molecule has 1 atom stereocenters. The van der Waals surface area contributed by atoms with E-state index in [1.165, 1.54) is 21.8 Å². The fourth-order valence-corrected chi connectivity index (χ4v) is 3.52. The highest BCUT2D eigenvalue weighted by Crippen LogP contribution is 2.32. The molecule has 0 spiro atoms. The molecule has 5 heteroatoms. The molecule has 0 saturated carbocycles. The van der Waals surface area contributed by atoms with Gasteiger partial charge in [-0.2, -0.15) is 0 Å². The van der Waals surface area contributed by atoms with Crippen molar-refractivity contribution < 1.29 is 5.21 Å². The number of hydrogen-bond donors (Lipinski definition) is 1. The summed E-state index contributed by atoms with van der Waals surface area (Å²) in [6, 6.07) is 19.6. The lowest BCUT2D eigenvalue weighted by Gasteiger charge is -2.21. The van der Waals surface area contributed by atoms with Crippen LogP contribution in [0.15, 0.2) is 81.3 Å². The van der Waals surface area contributed by atoms with E-state index >= 15 is 0 Å². The number of hydrogen-bond acceptors (Lipinski definition) is 3. The minimum Gasteiger partial charge on any atom is -0.411 e. The number of nitrogens with zero attached hydrogens (tertiary/aromatic N) is 2. The molecular formula is C22H21BrN2O2. The molecule has 138 valence electrons. The Morgan fingerprint density at radius 3 is 2.44 bits per heavy atom. The van der Waals surface area contributed by atoms with Crippen LogP contribution >= 0.6 is 15.9 Å². The van der Waals surface area contributed by atoms with Crippen molar-refractivity contribution in [3.05, 3.63) is 104 Å². The van der Waals surface area contributed by atoms with E-state index in [0.717, 1.165) is 15.6 Å². The molecule has 1 heterocycles. The first-order valence-electron chi connectivity index (χ1n) is 8.68. The van der Waals surface area contributed by atoms with Gasteiger partial charge >= 0.3 is 0 Å². The van der Waals surface area contributed by atoms with Gasteiger partial charge in [0.05, 0.1) is 5.71 Å². The number of halogens is 1. The van der Waals surface area contributed by atoms with Crippen LogP contribution in [0.2, 0.25) is 0 Å². The van der Waals surface area contributed by atoms with Crippen LogP contribution in [0.1, 0.15) is 34.6 Å². The third kappa shape index (κ3) is 4.37. The second-order valence-electron chi connectivity index (χ2n) is 6.58. The Hall–Kier alpha value is -2.66. The molecule has 1 N–H and O–H groups in total. The first kappa shape index (κ1) is 19.1. The molecule has 0 aliphatic rings. The fourth-order valence-electron chi connectivity index (χ4n) is 3.25. The van der Waals surface area contributed by atoms with Gasteiger partial charge in [-0.25, -0.2) is 0 Å². The van der Waals surface area contributed by atoms with Crippen molar-refractivity contribution in [2.75, 3.05) is 0 Å². The average Bonchev–Trinajstić information content (AvgIpc) is 2.67. The summed E-state index contributed by atoms with van der Waals surface area (Å²) in [5.74, 6) is 0.0300. The lowest BCUT2D eigenvalue weighted by Crippen LogP contribution is -2.18. The molecule has 0 bridgehead atoms. The highest BCUT2D eigenvalue weighted by molar-refractivity contribution is 9.10. The molecule has 0 radical (unpaired) electrons. The maximum atomic E-state index is 11.7. The minimum atomic E-state index is -0.0978. The third-order valence-electron chi connectivity index (χ3n) is 4.77. The predicted molar refractivity (Wildman–Crippen MR) is 112 cm³/mol. The predicted octanol–water partition coefficient (Wildman–Crippen LogP) is 4.86. The number of oxime groups is 1. The molecule has 0 amide bonds. The van der Waals surface area contributed by atoms with Gasteiger partial charge in [0.25, 0.3) is 0 Å². The molecule has 27 heavy (non-hydrogen) atoms. The van der Waals surface area contributed by atoms with E-state index < -0.39 is 0 Å². The summed E-state index contributed by atoms with van der Waals surface area (Å²) >= 11 is 3.49. The smallest absolute Gasteiger partial charge is 0.250 e. The summed E-state index contributed by atoms with van der Waals surface area (Å²) in [5.41, 5.74) is 4.68. The van der Waals surface area contributed by atoms with Gasteiger partial charge in [0.1, 0.15) is 0 Å². The third-order valence-corrected chi connectivity index (χ3v) is 5.30. The Kier molecular flexibility index (Phi) is 5.91. The standard InChI is InChI=1S/C22H21BrN2O2/c1-15-5-3-4-6-19(15)20(16-7-10-18(23)11-8-16)13-21(24-27)17-9-12-22(26)25(2)14-17/h3-12,14,20,27H,13H2,1-2H3/b24-21-/t20-/m0/s1. The first-order chi connectivity index (χ1) is 13.0. The molecule has 2 aromatic carbocycles.